The largest absolute Gasteiger partial charge is 0.313 e. The van der Waals surface area contributed by atoms with Crippen LogP contribution >= 0.6 is 0 Å². The predicted molar refractivity (Wildman–Crippen MR) is 92.9 cm³/mol. The molecule has 6 heteroatoms. The molecule has 0 saturated carbocycles. The summed E-state index contributed by atoms with van der Waals surface area (Å²) >= 11 is 0. The van der Waals surface area contributed by atoms with E-state index >= 15 is 0 Å². The fourth-order valence-electron chi connectivity index (χ4n) is 2.86. The van der Waals surface area contributed by atoms with E-state index < -0.39 is 0 Å². The van der Waals surface area contributed by atoms with Gasteiger partial charge in [0.25, 0.3) is 5.56 Å². The van der Waals surface area contributed by atoms with Crippen molar-refractivity contribution in [2.75, 3.05) is 0 Å². The Kier molecular flexibility index (Phi) is 3.57. The van der Waals surface area contributed by atoms with Crippen LogP contribution in [0.3, 0.4) is 0 Å². The summed E-state index contributed by atoms with van der Waals surface area (Å²) in [6.45, 7) is 2.80. The predicted octanol–water partition coefficient (Wildman–Crippen LogP) is 2.91. The monoisotopic (exact) mass is 319 g/mol. The van der Waals surface area contributed by atoms with Crippen LogP contribution in [0.15, 0.2) is 53.6 Å². The fourth-order valence-corrected chi connectivity index (χ4v) is 2.86. The molecule has 4 aromatic rings. The summed E-state index contributed by atoms with van der Waals surface area (Å²) < 4.78 is 3.38. The molecule has 0 spiro atoms. The Bertz CT molecular complexity index is 1070. The van der Waals surface area contributed by atoms with Gasteiger partial charge in [0.1, 0.15) is 5.52 Å². The molecule has 0 radical (unpaired) electrons. The summed E-state index contributed by atoms with van der Waals surface area (Å²) in [5, 5.41) is 12.9. The summed E-state index contributed by atoms with van der Waals surface area (Å²) in [7, 11) is 0. The van der Waals surface area contributed by atoms with Crippen LogP contribution in [0.2, 0.25) is 0 Å². The van der Waals surface area contributed by atoms with Gasteiger partial charge in [-0.2, -0.15) is 5.10 Å². The number of unbranched alkanes of at least 4 members (excludes halogenated alkanes) is 1. The third-order valence-electron chi connectivity index (χ3n) is 4.17. The van der Waals surface area contributed by atoms with Gasteiger partial charge >= 0.3 is 0 Å². The van der Waals surface area contributed by atoms with Gasteiger partial charge in [-0.3, -0.25) is 4.79 Å². The number of rotatable bonds is 4. The molecule has 0 fully saturated rings. The number of aromatic nitrogens is 5. The molecule has 0 aliphatic rings. The van der Waals surface area contributed by atoms with Crippen LogP contribution in [-0.2, 0) is 6.54 Å². The first kappa shape index (κ1) is 14.6. The van der Waals surface area contributed by atoms with Crippen LogP contribution in [0.5, 0.6) is 0 Å². The lowest BCUT2D eigenvalue weighted by Gasteiger charge is -2.06. The highest BCUT2D eigenvalue weighted by atomic mass is 16.1. The summed E-state index contributed by atoms with van der Waals surface area (Å²) in [6, 6.07) is 11.8. The minimum Gasteiger partial charge on any atom is -0.313 e. The lowest BCUT2D eigenvalue weighted by Crippen LogP contribution is -2.21. The van der Waals surface area contributed by atoms with E-state index in [-0.39, 0.29) is 5.56 Å². The van der Waals surface area contributed by atoms with Crippen molar-refractivity contribution < 1.29 is 0 Å². The van der Waals surface area contributed by atoms with Crippen molar-refractivity contribution in [3.8, 4) is 11.1 Å². The molecule has 1 aromatic carbocycles. The summed E-state index contributed by atoms with van der Waals surface area (Å²) in [4.78, 5) is 12.6. The van der Waals surface area contributed by atoms with E-state index in [1.165, 1.54) is 0 Å². The van der Waals surface area contributed by atoms with Crippen molar-refractivity contribution in [2.45, 2.75) is 26.3 Å². The third kappa shape index (κ3) is 2.27. The van der Waals surface area contributed by atoms with Crippen LogP contribution in [0.1, 0.15) is 19.8 Å². The molecule has 120 valence electrons. The first-order chi connectivity index (χ1) is 11.8. The summed E-state index contributed by atoms with van der Waals surface area (Å²) in [6.07, 6.45) is 5.57. The molecule has 0 aliphatic carbocycles. The first-order valence-electron chi connectivity index (χ1n) is 8.08. The fraction of sp³-hybridized carbons (Fsp3) is 0.222. The molecule has 0 aliphatic heterocycles. The molecular weight excluding hydrogens is 302 g/mol. The number of aryl methyl sites for hydroxylation is 1. The second-order valence-electron chi connectivity index (χ2n) is 5.76. The van der Waals surface area contributed by atoms with Gasteiger partial charge in [0.2, 0.25) is 0 Å². The van der Waals surface area contributed by atoms with Crippen molar-refractivity contribution in [2.24, 2.45) is 0 Å². The maximum atomic E-state index is 12.6. The number of benzene rings is 1. The Morgan fingerprint density at radius 1 is 1.08 bits per heavy atom. The molecule has 0 amide bonds. The number of fused-ring (bicyclic) bond motifs is 3. The minimum absolute atomic E-state index is 0.118. The number of hydrogen-bond donors (Lipinski definition) is 0. The minimum atomic E-state index is -0.118. The van der Waals surface area contributed by atoms with Gasteiger partial charge in [0.15, 0.2) is 11.2 Å². The van der Waals surface area contributed by atoms with Gasteiger partial charge in [0.05, 0.1) is 6.20 Å². The van der Waals surface area contributed by atoms with E-state index in [0.717, 1.165) is 24.0 Å². The van der Waals surface area contributed by atoms with E-state index in [1.807, 2.05) is 42.6 Å². The SMILES string of the molecule is CCCCn1ccc2c(nnc3c(-c4ccccc4)cnn32)c1=O. The van der Waals surface area contributed by atoms with Crippen LogP contribution in [0.4, 0.5) is 0 Å². The lowest BCUT2D eigenvalue weighted by atomic mass is 10.1. The molecule has 3 heterocycles. The maximum absolute atomic E-state index is 12.6. The van der Waals surface area contributed by atoms with Crippen LogP contribution in [0.25, 0.3) is 27.8 Å². The Balaban J connectivity index is 1.92. The topological polar surface area (TPSA) is 65.1 Å². The standard InChI is InChI=1S/C18H17N5O/c1-2-3-10-22-11-9-15-16(18(22)24)20-21-17-14(12-19-23(15)17)13-7-5-4-6-8-13/h4-9,11-12H,2-3,10H2,1H3. The van der Waals surface area contributed by atoms with Crippen molar-refractivity contribution >= 4 is 16.7 Å². The molecule has 0 saturated heterocycles. The molecule has 3 aromatic heterocycles. The van der Waals surface area contributed by atoms with Crippen molar-refractivity contribution in [1.29, 1.82) is 0 Å². The third-order valence-corrected chi connectivity index (χ3v) is 4.17. The van der Waals surface area contributed by atoms with Crippen LogP contribution < -0.4 is 5.56 Å². The quantitative estimate of drug-likeness (QED) is 0.580. The Labute approximate surface area is 138 Å². The molecule has 0 atom stereocenters. The van der Waals surface area contributed by atoms with E-state index in [0.29, 0.717) is 23.2 Å². The Hall–Kier alpha value is -3.02. The van der Waals surface area contributed by atoms with Gasteiger partial charge in [-0.25, -0.2) is 4.52 Å². The van der Waals surface area contributed by atoms with E-state index in [9.17, 15) is 4.79 Å². The molecule has 0 N–H and O–H groups in total. The number of pyridine rings is 1. The molecule has 4 rings (SSSR count). The van der Waals surface area contributed by atoms with Gasteiger partial charge < -0.3 is 4.57 Å². The summed E-state index contributed by atoms with van der Waals surface area (Å²) in [5.74, 6) is 0. The highest BCUT2D eigenvalue weighted by Crippen LogP contribution is 2.23. The maximum Gasteiger partial charge on any atom is 0.280 e. The molecular formula is C18H17N5O. The van der Waals surface area contributed by atoms with E-state index in [1.54, 1.807) is 15.3 Å². The zero-order chi connectivity index (χ0) is 16.5. The van der Waals surface area contributed by atoms with Gasteiger partial charge in [-0.15, -0.1) is 10.2 Å². The zero-order valence-electron chi connectivity index (χ0n) is 13.4. The van der Waals surface area contributed by atoms with Gasteiger partial charge in [0, 0.05) is 18.3 Å². The molecule has 0 unspecified atom stereocenters. The Morgan fingerprint density at radius 3 is 2.71 bits per heavy atom. The van der Waals surface area contributed by atoms with E-state index in [4.69, 9.17) is 0 Å². The van der Waals surface area contributed by atoms with Crippen molar-refractivity contribution in [3.05, 3.63) is 59.1 Å². The summed E-state index contributed by atoms with van der Waals surface area (Å²) in [5.41, 5.74) is 3.49. The second kappa shape index (κ2) is 5.88. The average Bonchev–Trinajstić information content (AvgIpc) is 3.06. The zero-order valence-corrected chi connectivity index (χ0v) is 13.4. The smallest absolute Gasteiger partial charge is 0.280 e. The Morgan fingerprint density at radius 2 is 1.92 bits per heavy atom. The normalized spacial score (nSPS) is 11.4. The van der Waals surface area contributed by atoms with Crippen molar-refractivity contribution in [1.82, 2.24) is 24.4 Å². The van der Waals surface area contributed by atoms with Crippen molar-refractivity contribution in [3.63, 3.8) is 0 Å². The molecule has 24 heavy (non-hydrogen) atoms. The van der Waals surface area contributed by atoms with Crippen LogP contribution in [-0.4, -0.2) is 24.4 Å². The molecule has 0 bridgehead atoms. The highest BCUT2D eigenvalue weighted by molar-refractivity contribution is 5.82. The highest BCUT2D eigenvalue weighted by Gasteiger charge is 2.13. The molecule has 6 nitrogen and oxygen atoms in total. The average molecular weight is 319 g/mol. The first-order valence-corrected chi connectivity index (χ1v) is 8.08. The van der Waals surface area contributed by atoms with Crippen LogP contribution in [0, 0.1) is 0 Å². The lowest BCUT2D eigenvalue weighted by molar-refractivity contribution is 0.615. The second-order valence-corrected chi connectivity index (χ2v) is 5.76. The van der Waals surface area contributed by atoms with Gasteiger partial charge in [-0.05, 0) is 18.1 Å². The van der Waals surface area contributed by atoms with E-state index in [2.05, 4.69) is 22.2 Å². The van der Waals surface area contributed by atoms with Gasteiger partial charge in [-0.1, -0.05) is 43.7 Å². The number of nitrogens with zero attached hydrogens (tertiary/aromatic N) is 5. The number of hydrogen-bond acceptors (Lipinski definition) is 4.